The minimum atomic E-state index is -0.485. The van der Waals surface area contributed by atoms with Gasteiger partial charge in [0.25, 0.3) is 0 Å². The lowest BCUT2D eigenvalue weighted by molar-refractivity contribution is 0.0525. The first-order valence-electron chi connectivity index (χ1n) is 4.20. The van der Waals surface area contributed by atoms with Crippen molar-refractivity contribution < 1.29 is 9.53 Å². The normalized spacial score (nSPS) is 9.47. The van der Waals surface area contributed by atoms with Crippen molar-refractivity contribution in [3.8, 4) is 6.07 Å². The molecule has 3 nitrogen and oxygen atoms in total. The number of hydrogen-bond donors (Lipinski definition) is 1. The highest BCUT2D eigenvalue weighted by atomic mass is 127. The Morgan fingerprint density at radius 3 is 2.87 bits per heavy atom. The summed E-state index contributed by atoms with van der Waals surface area (Å²) in [5.74, 6) is -0.485. The Balaban J connectivity index is 3.26. The molecular formula is C10H8INO2S. The molecule has 0 bridgehead atoms. The summed E-state index contributed by atoms with van der Waals surface area (Å²) in [5, 5.41) is 8.93. The number of nitrogens with zero attached hydrogens (tertiary/aromatic N) is 1. The van der Waals surface area contributed by atoms with E-state index in [4.69, 9.17) is 10.00 Å². The van der Waals surface area contributed by atoms with Crippen LogP contribution in [-0.4, -0.2) is 12.6 Å². The summed E-state index contributed by atoms with van der Waals surface area (Å²) in [4.78, 5) is 12.0. The fourth-order valence-corrected chi connectivity index (χ4v) is 1.75. The second kappa shape index (κ2) is 5.37. The van der Waals surface area contributed by atoms with Crippen molar-refractivity contribution in [2.75, 3.05) is 6.61 Å². The molecule has 0 aliphatic carbocycles. The van der Waals surface area contributed by atoms with E-state index in [0.717, 1.165) is 3.57 Å². The number of hydrogen-bond acceptors (Lipinski definition) is 4. The topological polar surface area (TPSA) is 50.1 Å². The van der Waals surface area contributed by atoms with E-state index in [1.165, 1.54) is 0 Å². The van der Waals surface area contributed by atoms with Crippen LogP contribution in [0.4, 0.5) is 0 Å². The molecule has 0 amide bonds. The molecule has 0 aliphatic rings. The highest BCUT2D eigenvalue weighted by Gasteiger charge is 2.16. The standard InChI is InChI=1S/C10H8INO2S/c1-2-14-10(13)6-3-4-8(11)9(15)7(6)5-12/h3-4,15H,2H2,1H3. The molecule has 15 heavy (non-hydrogen) atoms. The van der Waals surface area contributed by atoms with Gasteiger partial charge in [0.05, 0.1) is 17.7 Å². The third-order valence-electron chi connectivity index (χ3n) is 1.74. The summed E-state index contributed by atoms with van der Waals surface area (Å²) in [6, 6.07) is 5.28. The van der Waals surface area contributed by atoms with E-state index in [0.29, 0.717) is 4.90 Å². The average molecular weight is 333 g/mol. The average Bonchev–Trinajstić information content (AvgIpc) is 2.22. The van der Waals surface area contributed by atoms with Crippen molar-refractivity contribution in [3.05, 3.63) is 26.8 Å². The fourth-order valence-electron chi connectivity index (χ4n) is 1.06. The maximum absolute atomic E-state index is 11.5. The van der Waals surface area contributed by atoms with Crippen LogP contribution in [0.15, 0.2) is 17.0 Å². The van der Waals surface area contributed by atoms with Crippen LogP contribution in [-0.2, 0) is 4.74 Å². The van der Waals surface area contributed by atoms with Crippen LogP contribution in [0.3, 0.4) is 0 Å². The molecule has 0 unspecified atom stereocenters. The summed E-state index contributed by atoms with van der Waals surface area (Å²) in [7, 11) is 0. The van der Waals surface area contributed by atoms with E-state index in [1.807, 2.05) is 6.07 Å². The molecule has 78 valence electrons. The van der Waals surface area contributed by atoms with Crippen LogP contribution < -0.4 is 0 Å². The first-order valence-corrected chi connectivity index (χ1v) is 5.73. The molecule has 1 rings (SSSR count). The molecule has 0 radical (unpaired) electrons. The predicted octanol–water partition coefficient (Wildman–Crippen LogP) is 2.63. The van der Waals surface area contributed by atoms with Crippen molar-refractivity contribution in [1.29, 1.82) is 5.26 Å². The van der Waals surface area contributed by atoms with Crippen LogP contribution in [0.25, 0.3) is 0 Å². The molecule has 0 aliphatic heterocycles. The summed E-state index contributed by atoms with van der Waals surface area (Å²) < 4.78 is 5.67. The van der Waals surface area contributed by atoms with Gasteiger partial charge in [0.15, 0.2) is 0 Å². The number of thiol groups is 1. The number of carbonyl (C=O) groups is 1. The van der Waals surface area contributed by atoms with Gasteiger partial charge < -0.3 is 4.74 Å². The molecule has 0 saturated carbocycles. The number of halogens is 1. The SMILES string of the molecule is CCOC(=O)c1ccc(I)c(S)c1C#N. The van der Waals surface area contributed by atoms with Crippen LogP contribution >= 0.6 is 35.2 Å². The number of ether oxygens (including phenoxy) is 1. The van der Waals surface area contributed by atoms with Gasteiger partial charge in [-0.3, -0.25) is 0 Å². The van der Waals surface area contributed by atoms with E-state index in [2.05, 4.69) is 35.2 Å². The first-order chi connectivity index (χ1) is 7.11. The summed E-state index contributed by atoms with van der Waals surface area (Å²) in [6.45, 7) is 2.01. The quantitative estimate of drug-likeness (QED) is 0.514. The van der Waals surface area contributed by atoms with Gasteiger partial charge >= 0.3 is 5.97 Å². The van der Waals surface area contributed by atoms with E-state index >= 15 is 0 Å². The number of carbonyl (C=O) groups excluding carboxylic acids is 1. The number of benzene rings is 1. The second-order valence-corrected chi connectivity index (χ2v) is 4.26. The molecule has 0 spiro atoms. The Morgan fingerprint density at radius 1 is 1.67 bits per heavy atom. The van der Waals surface area contributed by atoms with Gasteiger partial charge in [0.2, 0.25) is 0 Å². The lowest BCUT2D eigenvalue weighted by atomic mass is 10.1. The molecular weight excluding hydrogens is 325 g/mol. The van der Waals surface area contributed by atoms with Gasteiger partial charge in [-0.1, -0.05) is 0 Å². The van der Waals surface area contributed by atoms with E-state index < -0.39 is 5.97 Å². The number of rotatable bonds is 2. The lowest BCUT2D eigenvalue weighted by Gasteiger charge is -2.06. The highest BCUT2D eigenvalue weighted by Crippen LogP contribution is 2.24. The van der Waals surface area contributed by atoms with Gasteiger partial charge in [-0.2, -0.15) is 5.26 Å². The van der Waals surface area contributed by atoms with Gasteiger partial charge in [-0.05, 0) is 41.6 Å². The smallest absolute Gasteiger partial charge is 0.339 e. The Bertz CT molecular complexity index is 440. The number of esters is 1. The van der Waals surface area contributed by atoms with Crippen molar-refractivity contribution in [2.45, 2.75) is 11.8 Å². The Morgan fingerprint density at radius 2 is 2.33 bits per heavy atom. The maximum atomic E-state index is 11.5. The predicted molar refractivity (Wildman–Crippen MR) is 67.1 cm³/mol. The molecule has 0 aromatic heterocycles. The van der Waals surface area contributed by atoms with E-state index in [9.17, 15) is 4.79 Å². The minimum Gasteiger partial charge on any atom is -0.462 e. The third-order valence-corrected chi connectivity index (χ3v) is 3.53. The Labute approximate surface area is 107 Å². The molecule has 0 fully saturated rings. The van der Waals surface area contributed by atoms with Gasteiger partial charge in [-0.25, -0.2) is 4.79 Å². The van der Waals surface area contributed by atoms with Crippen molar-refractivity contribution >= 4 is 41.2 Å². The van der Waals surface area contributed by atoms with Crippen LogP contribution in [0.2, 0.25) is 0 Å². The summed E-state index contributed by atoms with van der Waals surface area (Å²) in [6.07, 6.45) is 0. The first kappa shape index (κ1) is 12.3. The lowest BCUT2D eigenvalue weighted by Crippen LogP contribution is -2.07. The highest BCUT2D eigenvalue weighted by molar-refractivity contribution is 14.1. The molecule has 0 atom stereocenters. The van der Waals surface area contributed by atoms with Gasteiger partial charge in [-0.15, -0.1) is 12.6 Å². The second-order valence-electron chi connectivity index (χ2n) is 2.65. The molecule has 5 heteroatoms. The van der Waals surface area contributed by atoms with Gasteiger partial charge in [0, 0.05) is 8.47 Å². The van der Waals surface area contributed by atoms with Crippen molar-refractivity contribution in [3.63, 3.8) is 0 Å². The molecule has 0 heterocycles. The molecule has 0 saturated heterocycles. The molecule has 1 aromatic carbocycles. The molecule has 1 aromatic rings. The zero-order chi connectivity index (χ0) is 11.4. The molecule has 0 N–H and O–H groups in total. The van der Waals surface area contributed by atoms with Crippen LogP contribution in [0, 0.1) is 14.9 Å². The maximum Gasteiger partial charge on any atom is 0.339 e. The third kappa shape index (κ3) is 2.63. The zero-order valence-electron chi connectivity index (χ0n) is 7.95. The Hall–Kier alpha value is -0.740. The van der Waals surface area contributed by atoms with Crippen LogP contribution in [0.5, 0.6) is 0 Å². The largest absolute Gasteiger partial charge is 0.462 e. The van der Waals surface area contributed by atoms with Crippen molar-refractivity contribution in [2.24, 2.45) is 0 Å². The summed E-state index contributed by atoms with van der Waals surface area (Å²) >= 11 is 6.24. The fraction of sp³-hybridized carbons (Fsp3) is 0.200. The van der Waals surface area contributed by atoms with Gasteiger partial charge in [0.1, 0.15) is 6.07 Å². The number of nitriles is 1. The zero-order valence-corrected chi connectivity index (χ0v) is 11.0. The van der Waals surface area contributed by atoms with Crippen molar-refractivity contribution in [1.82, 2.24) is 0 Å². The minimum absolute atomic E-state index is 0.267. The Kier molecular flexibility index (Phi) is 4.42. The van der Waals surface area contributed by atoms with E-state index in [1.54, 1.807) is 19.1 Å². The van der Waals surface area contributed by atoms with Crippen LogP contribution in [0.1, 0.15) is 22.8 Å². The monoisotopic (exact) mass is 333 g/mol. The summed E-state index contributed by atoms with van der Waals surface area (Å²) in [5.41, 5.74) is 0.536. The van der Waals surface area contributed by atoms with E-state index in [-0.39, 0.29) is 17.7 Å².